The van der Waals surface area contributed by atoms with Crippen LogP contribution in [-0.4, -0.2) is 21.4 Å². The molecule has 0 heterocycles. The van der Waals surface area contributed by atoms with Crippen molar-refractivity contribution >= 4 is 0 Å². The predicted octanol–water partition coefficient (Wildman–Crippen LogP) is 1.70. The first kappa shape index (κ1) is 9.17. The zero-order valence-corrected chi connectivity index (χ0v) is 8.87. The van der Waals surface area contributed by atoms with E-state index < -0.39 is 11.2 Å². The maximum Gasteiger partial charge on any atom is 0.0708 e. The lowest BCUT2D eigenvalue weighted by Crippen LogP contribution is -2.65. The van der Waals surface area contributed by atoms with Crippen LogP contribution in [0.25, 0.3) is 0 Å². The highest BCUT2D eigenvalue weighted by atomic mass is 16.3. The summed E-state index contributed by atoms with van der Waals surface area (Å²) in [5, 5.41) is 21.1. The molecule has 0 aromatic carbocycles. The first-order valence-corrected chi connectivity index (χ1v) is 6.00. The van der Waals surface area contributed by atoms with E-state index in [0.29, 0.717) is 11.8 Å². The van der Waals surface area contributed by atoms with Crippen molar-refractivity contribution in [2.24, 2.45) is 17.8 Å². The summed E-state index contributed by atoms with van der Waals surface area (Å²) in [6, 6.07) is 0. The van der Waals surface area contributed by atoms with Crippen molar-refractivity contribution in [1.29, 1.82) is 0 Å². The molecule has 0 aromatic heterocycles. The first-order chi connectivity index (χ1) is 6.56. The van der Waals surface area contributed by atoms with Crippen LogP contribution in [0.5, 0.6) is 0 Å². The monoisotopic (exact) mass is 196 g/mol. The fraction of sp³-hybridized carbons (Fsp3) is 1.00. The zero-order chi connectivity index (χ0) is 9.97. The average molecular weight is 196 g/mol. The molecular weight excluding hydrogens is 176 g/mol. The fourth-order valence-electron chi connectivity index (χ4n) is 4.94. The molecule has 2 nitrogen and oxygen atoms in total. The van der Waals surface area contributed by atoms with E-state index >= 15 is 0 Å². The Labute approximate surface area is 85.3 Å². The molecule has 0 saturated heterocycles. The number of hydrogen-bond donors (Lipinski definition) is 2. The molecule has 4 fully saturated rings. The van der Waals surface area contributed by atoms with Gasteiger partial charge in [-0.25, -0.2) is 0 Å². The molecule has 0 atom stereocenters. The molecule has 14 heavy (non-hydrogen) atoms. The van der Waals surface area contributed by atoms with E-state index in [4.69, 9.17) is 0 Å². The van der Waals surface area contributed by atoms with Crippen molar-refractivity contribution in [3.05, 3.63) is 0 Å². The highest BCUT2D eigenvalue weighted by molar-refractivity contribution is 5.13. The second-order valence-corrected chi connectivity index (χ2v) is 5.95. The lowest BCUT2D eigenvalue weighted by Gasteiger charge is -2.62. The maximum atomic E-state index is 10.6. The van der Waals surface area contributed by atoms with Crippen molar-refractivity contribution in [1.82, 2.24) is 0 Å². The Balaban J connectivity index is 2.01. The Kier molecular flexibility index (Phi) is 1.66. The van der Waals surface area contributed by atoms with Crippen LogP contribution in [0.4, 0.5) is 0 Å². The standard InChI is InChI=1S/C12H20O2/c1-2-10-11(13)4-8-3-9(6-11)7-12(10,14)5-8/h8-10,13-14H,2-7H2,1H3. The molecule has 0 amide bonds. The zero-order valence-electron chi connectivity index (χ0n) is 8.87. The highest BCUT2D eigenvalue weighted by Crippen LogP contribution is 2.60. The summed E-state index contributed by atoms with van der Waals surface area (Å²) in [6.07, 6.45) is 5.97. The maximum absolute atomic E-state index is 10.6. The Bertz CT molecular complexity index is 225. The number of hydrogen-bond acceptors (Lipinski definition) is 2. The summed E-state index contributed by atoms with van der Waals surface area (Å²) < 4.78 is 0. The predicted molar refractivity (Wildman–Crippen MR) is 53.7 cm³/mol. The van der Waals surface area contributed by atoms with Crippen molar-refractivity contribution in [2.75, 3.05) is 0 Å². The molecule has 0 aliphatic heterocycles. The van der Waals surface area contributed by atoms with Crippen molar-refractivity contribution in [2.45, 2.75) is 56.7 Å². The largest absolute Gasteiger partial charge is 0.389 e. The molecule has 0 spiro atoms. The van der Waals surface area contributed by atoms with Crippen LogP contribution in [0.2, 0.25) is 0 Å². The molecule has 4 saturated carbocycles. The summed E-state index contributed by atoms with van der Waals surface area (Å²) in [5.74, 6) is 1.34. The van der Waals surface area contributed by atoms with E-state index in [1.165, 1.54) is 6.42 Å². The van der Waals surface area contributed by atoms with Crippen LogP contribution in [0.1, 0.15) is 45.4 Å². The van der Waals surface area contributed by atoms with Crippen LogP contribution in [-0.2, 0) is 0 Å². The van der Waals surface area contributed by atoms with E-state index in [0.717, 1.165) is 32.1 Å². The minimum atomic E-state index is -0.520. The normalized spacial score (nSPS) is 60.6. The van der Waals surface area contributed by atoms with E-state index in [9.17, 15) is 10.2 Å². The van der Waals surface area contributed by atoms with Gasteiger partial charge in [-0.3, -0.25) is 0 Å². The van der Waals surface area contributed by atoms with Gasteiger partial charge >= 0.3 is 0 Å². The van der Waals surface area contributed by atoms with E-state index in [2.05, 4.69) is 6.92 Å². The third-order valence-corrected chi connectivity index (χ3v) is 4.94. The molecule has 4 rings (SSSR count). The highest BCUT2D eigenvalue weighted by Gasteiger charge is 2.62. The first-order valence-electron chi connectivity index (χ1n) is 6.00. The Morgan fingerprint density at radius 1 is 1.00 bits per heavy atom. The smallest absolute Gasteiger partial charge is 0.0708 e. The fourth-order valence-corrected chi connectivity index (χ4v) is 4.94. The van der Waals surface area contributed by atoms with Gasteiger partial charge in [0.2, 0.25) is 0 Å². The molecular formula is C12H20O2. The lowest BCUT2D eigenvalue weighted by molar-refractivity contribution is -0.245. The van der Waals surface area contributed by atoms with Gasteiger partial charge in [0.25, 0.3) is 0 Å². The van der Waals surface area contributed by atoms with Crippen LogP contribution >= 0.6 is 0 Å². The average Bonchev–Trinajstić information content (AvgIpc) is 1.97. The Morgan fingerprint density at radius 3 is 1.79 bits per heavy atom. The summed E-state index contributed by atoms with van der Waals surface area (Å²) in [6.45, 7) is 2.10. The van der Waals surface area contributed by atoms with Gasteiger partial charge in [0, 0.05) is 5.92 Å². The van der Waals surface area contributed by atoms with Crippen LogP contribution in [0.15, 0.2) is 0 Å². The van der Waals surface area contributed by atoms with Crippen LogP contribution < -0.4 is 0 Å². The van der Waals surface area contributed by atoms with Crippen LogP contribution in [0, 0.1) is 17.8 Å². The quantitative estimate of drug-likeness (QED) is 0.670. The van der Waals surface area contributed by atoms with Gasteiger partial charge < -0.3 is 10.2 Å². The molecule has 0 radical (unpaired) electrons. The molecule has 4 bridgehead atoms. The summed E-state index contributed by atoms with van der Waals surface area (Å²) in [7, 11) is 0. The van der Waals surface area contributed by atoms with Gasteiger partial charge in [-0.15, -0.1) is 0 Å². The van der Waals surface area contributed by atoms with E-state index in [-0.39, 0.29) is 5.92 Å². The van der Waals surface area contributed by atoms with Crippen molar-refractivity contribution < 1.29 is 10.2 Å². The molecule has 2 heteroatoms. The summed E-state index contributed by atoms with van der Waals surface area (Å²) in [4.78, 5) is 0. The van der Waals surface area contributed by atoms with E-state index in [1.807, 2.05) is 0 Å². The van der Waals surface area contributed by atoms with Crippen LogP contribution in [0.3, 0.4) is 0 Å². The molecule has 4 aliphatic rings. The topological polar surface area (TPSA) is 40.5 Å². The van der Waals surface area contributed by atoms with Gasteiger partial charge in [0.1, 0.15) is 0 Å². The minimum Gasteiger partial charge on any atom is -0.389 e. The molecule has 0 aromatic rings. The van der Waals surface area contributed by atoms with Gasteiger partial charge in [0.15, 0.2) is 0 Å². The minimum absolute atomic E-state index is 0.141. The Morgan fingerprint density at radius 2 is 1.43 bits per heavy atom. The third kappa shape index (κ3) is 0.989. The number of rotatable bonds is 1. The van der Waals surface area contributed by atoms with Crippen molar-refractivity contribution in [3.8, 4) is 0 Å². The van der Waals surface area contributed by atoms with Gasteiger partial charge in [-0.2, -0.15) is 0 Å². The molecule has 4 aliphatic carbocycles. The molecule has 80 valence electrons. The van der Waals surface area contributed by atoms with E-state index in [1.54, 1.807) is 0 Å². The molecule has 0 unspecified atom stereocenters. The summed E-state index contributed by atoms with van der Waals surface area (Å²) >= 11 is 0. The van der Waals surface area contributed by atoms with Gasteiger partial charge in [-0.1, -0.05) is 6.92 Å². The second kappa shape index (κ2) is 2.53. The van der Waals surface area contributed by atoms with Gasteiger partial charge in [-0.05, 0) is 50.4 Å². The Hall–Kier alpha value is -0.0800. The van der Waals surface area contributed by atoms with Gasteiger partial charge in [0.05, 0.1) is 11.2 Å². The third-order valence-electron chi connectivity index (χ3n) is 4.94. The molecule has 2 N–H and O–H groups in total. The number of aliphatic hydroxyl groups is 2. The summed E-state index contributed by atoms with van der Waals surface area (Å²) in [5.41, 5.74) is -1.04. The second-order valence-electron chi connectivity index (χ2n) is 5.95. The van der Waals surface area contributed by atoms with Crippen molar-refractivity contribution in [3.63, 3.8) is 0 Å². The SMILES string of the molecule is CCC1C2(O)CC3CC(C2)CC1(O)C3. The lowest BCUT2D eigenvalue weighted by atomic mass is 9.47.